The first kappa shape index (κ1) is 20.9. The molecule has 0 bridgehead atoms. The van der Waals surface area contributed by atoms with Crippen LogP contribution in [0, 0.1) is 5.92 Å². The normalized spacial score (nSPS) is 18.5. The SMILES string of the molecule is C=CC(=O)N1CC(OC)[C@@H](COc2nc(Nc3cn(C)[nH]c3=O)nc3[nH]cc(Cl)c23)C1. The summed E-state index contributed by atoms with van der Waals surface area (Å²) in [5, 5.41) is 6.44. The van der Waals surface area contributed by atoms with Gasteiger partial charge in [-0.1, -0.05) is 18.2 Å². The predicted octanol–water partition coefficient (Wildman–Crippen LogP) is 1.42. The number of H-pyrrole nitrogens is 2. The molecular weight excluding hydrogens is 426 g/mol. The van der Waals surface area contributed by atoms with Crippen molar-refractivity contribution in [3.05, 3.63) is 40.4 Å². The summed E-state index contributed by atoms with van der Waals surface area (Å²) in [5.41, 5.74) is 0.446. The Morgan fingerprint density at radius 2 is 2.26 bits per heavy atom. The van der Waals surface area contributed by atoms with Crippen molar-refractivity contribution in [2.45, 2.75) is 6.10 Å². The number of hydrogen-bond acceptors (Lipinski definition) is 7. The zero-order chi connectivity index (χ0) is 22.1. The number of ether oxygens (including phenoxy) is 2. The molecule has 4 rings (SSSR count). The molecule has 3 N–H and O–H groups in total. The molecule has 1 aliphatic rings. The number of halogens is 1. The number of carbonyl (C=O) groups is 1. The predicted molar refractivity (Wildman–Crippen MR) is 115 cm³/mol. The van der Waals surface area contributed by atoms with Crippen LogP contribution in [0.25, 0.3) is 11.0 Å². The Balaban J connectivity index is 1.58. The van der Waals surface area contributed by atoms with Crippen molar-refractivity contribution < 1.29 is 14.3 Å². The summed E-state index contributed by atoms with van der Waals surface area (Å²) >= 11 is 6.30. The fourth-order valence-corrected chi connectivity index (χ4v) is 3.83. The quantitative estimate of drug-likeness (QED) is 0.467. The van der Waals surface area contributed by atoms with Crippen LogP contribution in [0.1, 0.15) is 0 Å². The Morgan fingerprint density at radius 3 is 2.94 bits per heavy atom. The second kappa shape index (κ2) is 8.44. The standard InChI is InChI=1S/C19H22ClN7O4/c1-4-14(28)27-6-10(13(8-27)30-3)9-31-18-15-11(20)5-21-16(15)23-19(24-18)22-12-7-26(2)25-17(12)29/h4-5,7,10,13H,1,6,8-9H2,2-3H3,(H,25,29)(H2,21,22,23,24)/t10-,13?/m1/s1. The van der Waals surface area contributed by atoms with Gasteiger partial charge in [-0.25, -0.2) is 0 Å². The number of methoxy groups -OCH3 is 1. The van der Waals surface area contributed by atoms with Crippen molar-refractivity contribution in [1.29, 1.82) is 0 Å². The minimum Gasteiger partial charge on any atom is -0.477 e. The van der Waals surface area contributed by atoms with E-state index in [4.69, 9.17) is 21.1 Å². The van der Waals surface area contributed by atoms with Crippen molar-refractivity contribution in [1.82, 2.24) is 29.6 Å². The van der Waals surface area contributed by atoms with Crippen molar-refractivity contribution in [3.63, 3.8) is 0 Å². The monoisotopic (exact) mass is 447 g/mol. The van der Waals surface area contributed by atoms with Crippen LogP contribution in [0.4, 0.5) is 11.6 Å². The lowest BCUT2D eigenvalue weighted by molar-refractivity contribution is -0.125. The molecule has 1 amide bonds. The second-order valence-corrected chi connectivity index (χ2v) is 7.63. The Kier molecular flexibility index (Phi) is 5.70. The van der Waals surface area contributed by atoms with E-state index in [2.05, 4.69) is 31.9 Å². The number of carbonyl (C=O) groups excluding carboxylic acids is 1. The fourth-order valence-electron chi connectivity index (χ4n) is 3.60. The minimum absolute atomic E-state index is 0.0648. The summed E-state index contributed by atoms with van der Waals surface area (Å²) in [7, 11) is 3.30. The van der Waals surface area contributed by atoms with E-state index in [1.54, 1.807) is 31.5 Å². The molecule has 1 unspecified atom stereocenters. The maximum Gasteiger partial charge on any atom is 0.287 e. The van der Waals surface area contributed by atoms with Crippen LogP contribution in [0.5, 0.6) is 5.88 Å². The number of aryl methyl sites for hydroxylation is 1. The maximum absolute atomic E-state index is 12.0. The Labute approximate surface area is 182 Å². The molecule has 31 heavy (non-hydrogen) atoms. The van der Waals surface area contributed by atoms with Gasteiger partial charge in [0.05, 0.1) is 29.3 Å². The summed E-state index contributed by atoms with van der Waals surface area (Å²) in [6, 6.07) is 0. The molecule has 0 radical (unpaired) electrons. The lowest BCUT2D eigenvalue weighted by atomic mass is 10.1. The van der Waals surface area contributed by atoms with E-state index >= 15 is 0 Å². The zero-order valence-electron chi connectivity index (χ0n) is 17.0. The molecule has 0 spiro atoms. The Morgan fingerprint density at radius 1 is 1.45 bits per heavy atom. The molecule has 11 nitrogen and oxygen atoms in total. The third-order valence-electron chi connectivity index (χ3n) is 5.15. The fraction of sp³-hybridized carbons (Fsp3) is 0.368. The summed E-state index contributed by atoms with van der Waals surface area (Å²) in [6.45, 7) is 4.72. The minimum atomic E-state index is -0.306. The van der Waals surface area contributed by atoms with E-state index in [0.29, 0.717) is 34.8 Å². The van der Waals surface area contributed by atoms with E-state index in [1.165, 1.54) is 10.8 Å². The first-order chi connectivity index (χ1) is 14.9. The lowest BCUT2D eigenvalue weighted by Crippen LogP contribution is -2.28. The molecule has 12 heteroatoms. The highest BCUT2D eigenvalue weighted by Crippen LogP contribution is 2.32. The number of nitrogens with zero attached hydrogens (tertiary/aromatic N) is 4. The van der Waals surface area contributed by atoms with Gasteiger partial charge in [0.1, 0.15) is 11.3 Å². The van der Waals surface area contributed by atoms with Crippen LogP contribution in [0.3, 0.4) is 0 Å². The number of likely N-dealkylation sites (tertiary alicyclic amines) is 1. The molecule has 1 saturated heterocycles. The number of amides is 1. The Bertz CT molecular complexity index is 1180. The van der Waals surface area contributed by atoms with Gasteiger partial charge in [-0.2, -0.15) is 9.97 Å². The van der Waals surface area contributed by atoms with E-state index < -0.39 is 0 Å². The largest absolute Gasteiger partial charge is 0.477 e. The molecule has 0 aliphatic carbocycles. The van der Waals surface area contributed by atoms with Crippen molar-refractivity contribution >= 4 is 40.2 Å². The van der Waals surface area contributed by atoms with E-state index in [1.807, 2.05) is 0 Å². The molecular formula is C19H22ClN7O4. The topological polar surface area (TPSA) is 130 Å². The van der Waals surface area contributed by atoms with Crippen molar-refractivity contribution in [2.24, 2.45) is 13.0 Å². The van der Waals surface area contributed by atoms with Crippen LogP contribution in [-0.2, 0) is 16.6 Å². The first-order valence-corrected chi connectivity index (χ1v) is 9.91. The lowest BCUT2D eigenvalue weighted by Gasteiger charge is -2.17. The molecule has 1 aliphatic heterocycles. The van der Waals surface area contributed by atoms with Crippen LogP contribution in [-0.4, -0.2) is 68.4 Å². The zero-order valence-corrected chi connectivity index (χ0v) is 17.8. The van der Waals surface area contributed by atoms with E-state index in [9.17, 15) is 9.59 Å². The van der Waals surface area contributed by atoms with Gasteiger partial charge >= 0.3 is 0 Å². The number of anilines is 2. The highest BCUT2D eigenvalue weighted by atomic mass is 35.5. The number of hydrogen-bond donors (Lipinski definition) is 3. The van der Waals surface area contributed by atoms with Crippen LogP contribution in [0.2, 0.25) is 5.02 Å². The van der Waals surface area contributed by atoms with Crippen molar-refractivity contribution in [2.75, 3.05) is 32.1 Å². The molecule has 4 heterocycles. The Hall–Kier alpha value is -3.31. The molecule has 2 atom stereocenters. The van der Waals surface area contributed by atoms with Gasteiger partial charge in [0.25, 0.3) is 5.56 Å². The number of aromatic nitrogens is 5. The number of aromatic amines is 2. The van der Waals surface area contributed by atoms with Crippen molar-refractivity contribution in [3.8, 4) is 5.88 Å². The van der Waals surface area contributed by atoms with E-state index in [0.717, 1.165) is 0 Å². The molecule has 1 fully saturated rings. The summed E-state index contributed by atoms with van der Waals surface area (Å²) in [4.78, 5) is 37.3. The number of rotatable bonds is 7. The molecule has 3 aromatic rings. The first-order valence-electron chi connectivity index (χ1n) is 9.53. The molecule has 0 aromatic carbocycles. The average Bonchev–Trinajstić information content (AvgIpc) is 3.42. The highest BCUT2D eigenvalue weighted by Gasteiger charge is 2.35. The molecule has 0 saturated carbocycles. The van der Waals surface area contributed by atoms with Crippen LogP contribution >= 0.6 is 11.6 Å². The van der Waals surface area contributed by atoms with Crippen LogP contribution in [0.15, 0.2) is 29.8 Å². The highest BCUT2D eigenvalue weighted by molar-refractivity contribution is 6.35. The van der Waals surface area contributed by atoms with Gasteiger partial charge < -0.3 is 24.7 Å². The van der Waals surface area contributed by atoms with E-state index in [-0.39, 0.29) is 41.9 Å². The van der Waals surface area contributed by atoms with Gasteiger partial charge in [-0.3, -0.25) is 19.4 Å². The summed E-state index contributed by atoms with van der Waals surface area (Å²) < 4.78 is 13.1. The second-order valence-electron chi connectivity index (χ2n) is 7.22. The van der Waals surface area contributed by atoms with Crippen LogP contribution < -0.4 is 15.6 Å². The molecule has 3 aromatic heterocycles. The number of nitrogens with one attached hydrogen (secondary N) is 3. The average molecular weight is 448 g/mol. The van der Waals surface area contributed by atoms with Gasteiger partial charge in [-0.15, -0.1) is 0 Å². The summed E-state index contributed by atoms with van der Waals surface area (Å²) in [6.07, 6.45) is 4.28. The van der Waals surface area contributed by atoms with Gasteiger partial charge in [0.15, 0.2) is 0 Å². The third kappa shape index (κ3) is 4.14. The maximum atomic E-state index is 12.0. The van der Waals surface area contributed by atoms with Gasteiger partial charge in [0, 0.05) is 39.4 Å². The number of fused-ring (bicyclic) bond motifs is 1. The third-order valence-corrected chi connectivity index (χ3v) is 5.44. The van der Waals surface area contributed by atoms with Gasteiger partial charge in [0.2, 0.25) is 17.7 Å². The van der Waals surface area contributed by atoms with Gasteiger partial charge in [-0.05, 0) is 6.08 Å². The smallest absolute Gasteiger partial charge is 0.287 e. The summed E-state index contributed by atoms with van der Waals surface area (Å²) in [5.74, 6) is 0.220. The molecule has 164 valence electrons.